The third-order valence-corrected chi connectivity index (χ3v) is 11.5. The molecule has 2 saturated heterocycles. The number of fused-ring (bicyclic) bond motifs is 1. The Kier molecular flexibility index (Phi) is 9.08. The maximum atomic E-state index is 14.2. The molecule has 6 aromatic rings. The number of phenols is 1. The SMILES string of the molecule is O=C([C@@H]1CCN(Cc2cnc(-c3ccc(=O)[nH]c3)s2)C[C@H]1c1ccccc1)N1CCC(O)(Cn2cnc3c(ccn3-c3ccc(O)cc3)c2=O)CC1. The molecule has 0 aliphatic carbocycles. The Morgan fingerprint density at radius 1 is 0.962 bits per heavy atom. The van der Waals surface area contributed by atoms with Crippen LogP contribution in [0.25, 0.3) is 27.3 Å². The van der Waals surface area contributed by atoms with Gasteiger partial charge in [-0.2, -0.15) is 0 Å². The van der Waals surface area contributed by atoms with Crippen LogP contribution >= 0.6 is 11.3 Å². The van der Waals surface area contributed by atoms with Gasteiger partial charge in [-0.15, -0.1) is 11.3 Å². The number of piperidine rings is 2. The van der Waals surface area contributed by atoms with Crippen molar-refractivity contribution in [2.75, 3.05) is 26.2 Å². The average molecular weight is 718 g/mol. The summed E-state index contributed by atoms with van der Waals surface area (Å²) in [5, 5.41) is 22.6. The predicted molar refractivity (Wildman–Crippen MR) is 198 cm³/mol. The number of nitrogens with one attached hydrogen (secondary N) is 1. The zero-order valence-corrected chi connectivity index (χ0v) is 29.3. The number of rotatable bonds is 8. The van der Waals surface area contributed by atoms with Crippen LogP contribution in [-0.4, -0.2) is 81.8 Å². The monoisotopic (exact) mass is 717 g/mol. The highest BCUT2D eigenvalue weighted by atomic mass is 32.1. The van der Waals surface area contributed by atoms with Crippen molar-refractivity contribution in [1.82, 2.24) is 33.9 Å². The first-order chi connectivity index (χ1) is 25.2. The standard InChI is InChI=1S/C39H39N7O5S/c47-29-9-7-28(8-10-29)46-17-13-32-35(46)42-25-45(38(32)50)24-39(51)14-18-44(19-15-39)37(49)31-12-16-43(23-33(31)26-4-2-1-3-5-26)22-30-21-41-36(52-30)27-6-11-34(48)40-20-27/h1-11,13,17,20-21,25,31,33,47,51H,12,14-16,18-19,22-24H2,(H,40,48)/t31-,33+/m1/s1. The van der Waals surface area contributed by atoms with Crippen molar-refractivity contribution in [3.05, 3.63) is 129 Å². The Labute approximate surface area is 303 Å². The lowest BCUT2D eigenvalue weighted by Crippen LogP contribution is -2.53. The van der Waals surface area contributed by atoms with Crippen LogP contribution in [0.4, 0.5) is 0 Å². The van der Waals surface area contributed by atoms with Crippen molar-refractivity contribution in [3.63, 3.8) is 0 Å². The highest BCUT2D eigenvalue weighted by Crippen LogP contribution is 2.37. The molecule has 4 aromatic heterocycles. The van der Waals surface area contributed by atoms with Crippen LogP contribution < -0.4 is 11.1 Å². The molecule has 6 heterocycles. The minimum Gasteiger partial charge on any atom is -0.508 e. The number of aromatic nitrogens is 5. The van der Waals surface area contributed by atoms with Crippen molar-refractivity contribution in [2.45, 2.75) is 43.9 Å². The van der Waals surface area contributed by atoms with Gasteiger partial charge in [0.15, 0.2) is 5.65 Å². The van der Waals surface area contributed by atoms with E-state index in [4.69, 9.17) is 0 Å². The number of aliphatic hydroxyl groups is 1. The van der Waals surface area contributed by atoms with Gasteiger partial charge in [0, 0.05) is 78.8 Å². The number of hydrogen-bond donors (Lipinski definition) is 3. The summed E-state index contributed by atoms with van der Waals surface area (Å²) in [5.74, 6) is 0.0977. The number of thiazole rings is 1. The maximum Gasteiger partial charge on any atom is 0.262 e. The van der Waals surface area contributed by atoms with Gasteiger partial charge in [0.25, 0.3) is 5.56 Å². The largest absolute Gasteiger partial charge is 0.508 e. The summed E-state index contributed by atoms with van der Waals surface area (Å²) in [4.78, 5) is 56.5. The molecule has 3 N–H and O–H groups in total. The Bertz CT molecular complexity index is 2300. The van der Waals surface area contributed by atoms with E-state index in [0.29, 0.717) is 37.0 Å². The number of pyridine rings is 1. The van der Waals surface area contributed by atoms with Gasteiger partial charge in [0.2, 0.25) is 11.5 Å². The summed E-state index contributed by atoms with van der Waals surface area (Å²) in [6.07, 6.45) is 8.26. The van der Waals surface area contributed by atoms with Gasteiger partial charge >= 0.3 is 0 Å². The summed E-state index contributed by atoms with van der Waals surface area (Å²) in [5.41, 5.74) is 1.75. The smallest absolute Gasteiger partial charge is 0.262 e. The van der Waals surface area contributed by atoms with Crippen molar-refractivity contribution < 1.29 is 15.0 Å². The van der Waals surface area contributed by atoms with Crippen LogP contribution in [0.1, 0.15) is 35.6 Å². The van der Waals surface area contributed by atoms with Crippen LogP contribution in [0, 0.1) is 5.92 Å². The molecule has 12 nitrogen and oxygen atoms in total. The molecule has 0 radical (unpaired) electrons. The van der Waals surface area contributed by atoms with Gasteiger partial charge in [-0.3, -0.25) is 23.9 Å². The molecule has 2 aromatic carbocycles. The van der Waals surface area contributed by atoms with Crippen LogP contribution in [-0.2, 0) is 17.9 Å². The topological polar surface area (TPSA) is 150 Å². The Hall–Kier alpha value is -5.37. The van der Waals surface area contributed by atoms with Crippen LogP contribution in [0.2, 0.25) is 0 Å². The minimum atomic E-state index is -1.15. The Balaban J connectivity index is 0.928. The van der Waals surface area contributed by atoms with Gasteiger partial charge in [0.1, 0.15) is 17.1 Å². The fraction of sp³-hybridized carbons (Fsp3) is 0.308. The fourth-order valence-electron chi connectivity index (χ4n) is 7.62. The molecule has 2 fully saturated rings. The zero-order chi connectivity index (χ0) is 35.8. The maximum absolute atomic E-state index is 14.2. The molecule has 0 bridgehead atoms. The van der Waals surface area contributed by atoms with E-state index >= 15 is 0 Å². The highest BCUT2D eigenvalue weighted by Gasteiger charge is 2.41. The summed E-state index contributed by atoms with van der Waals surface area (Å²) < 4.78 is 3.26. The van der Waals surface area contributed by atoms with E-state index in [0.717, 1.165) is 52.8 Å². The molecule has 2 atom stereocenters. The van der Waals surface area contributed by atoms with Crippen LogP contribution in [0.15, 0.2) is 107 Å². The first kappa shape index (κ1) is 33.8. The number of nitrogens with zero attached hydrogens (tertiary/aromatic N) is 6. The number of carbonyl (C=O) groups excluding carboxylic acids is 1. The fourth-order valence-corrected chi connectivity index (χ4v) is 8.57. The quantitative estimate of drug-likeness (QED) is 0.210. The van der Waals surface area contributed by atoms with Crippen molar-refractivity contribution in [1.29, 1.82) is 0 Å². The van der Waals surface area contributed by atoms with Crippen molar-refractivity contribution in [3.8, 4) is 22.0 Å². The van der Waals surface area contributed by atoms with E-state index in [1.54, 1.807) is 64.7 Å². The number of carbonyl (C=O) groups is 1. The second kappa shape index (κ2) is 14.0. The molecule has 13 heteroatoms. The Morgan fingerprint density at radius 2 is 1.75 bits per heavy atom. The molecule has 8 rings (SSSR count). The lowest BCUT2D eigenvalue weighted by molar-refractivity contribution is -0.142. The first-order valence-corrected chi connectivity index (χ1v) is 18.3. The van der Waals surface area contributed by atoms with Crippen molar-refractivity contribution in [2.24, 2.45) is 5.92 Å². The van der Waals surface area contributed by atoms with Crippen LogP contribution in [0.5, 0.6) is 5.75 Å². The van der Waals surface area contributed by atoms with E-state index in [-0.39, 0.29) is 41.2 Å². The average Bonchev–Trinajstić information content (AvgIpc) is 3.82. The molecule has 2 aliphatic heterocycles. The third-order valence-electron chi connectivity index (χ3n) is 10.5. The van der Waals surface area contributed by atoms with Gasteiger partial charge < -0.3 is 24.7 Å². The number of phenolic OH excluding ortho intramolecular Hbond substituents is 1. The number of hydrogen-bond acceptors (Lipinski definition) is 9. The lowest BCUT2D eigenvalue weighted by atomic mass is 9.79. The summed E-state index contributed by atoms with van der Waals surface area (Å²) in [6.45, 7) is 3.14. The van der Waals surface area contributed by atoms with E-state index in [1.165, 1.54) is 17.0 Å². The number of aromatic amines is 1. The summed E-state index contributed by atoms with van der Waals surface area (Å²) in [6, 6.07) is 21.9. The van der Waals surface area contributed by atoms with Gasteiger partial charge in [-0.1, -0.05) is 30.3 Å². The molecule has 0 saturated carbocycles. The summed E-state index contributed by atoms with van der Waals surface area (Å²) >= 11 is 1.61. The predicted octanol–water partition coefficient (Wildman–Crippen LogP) is 4.36. The highest BCUT2D eigenvalue weighted by molar-refractivity contribution is 7.15. The molecule has 52 heavy (non-hydrogen) atoms. The molecule has 1 amide bonds. The summed E-state index contributed by atoms with van der Waals surface area (Å²) in [7, 11) is 0. The molecule has 2 aliphatic rings. The lowest BCUT2D eigenvalue weighted by Gasteiger charge is -2.43. The van der Waals surface area contributed by atoms with E-state index < -0.39 is 5.60 Å². The number of amides is 1. The minimum absolute atomic E-state index is 0.0140. The molecular weight excluding hydrogens is 679 g/mol. The van der Waals surface area contributed by atoms with Gasteiger partial charge in [-0.05, 0) is 67.8 Å². The third kappa shape index (κ3) is 6.82. The van der Waals surface area contributed by atoms with Crippen LogP contribution in [0.3, 0.4) is 0 Å². The second-order valence-corrected chi connectivity index (χ2v) is 15.0. The Morgan fingerprint density at radius 3 is 2.50 bits per heavy atom. The number of benzene rings is 2. The number of H-pyrrole nitrogens is 1. The second-order valence-electron chi connectivity index (χ2n) is 13.9. The van der Waals surface area contributed by atoms with Gasteiger partial charge in [0.05, 0.1) is 17.5 Å². The molecular formula is C39H39N7O5S. The zero-order valence-electron chi connectivity index (χ0n) is 28.5. The first-order valence-electron chi connectivity index (χ1n) is 17.5. The number of likely N-dealkylation sites (tertiary alicyclic amines) is 2. The molecule has 266 valence electrons. The van der Waals surface area contributed by atoms with Gasteiger partial charge in [-0.25, -0.2) is 9.97 Å². The molecule has 0 unspecified atom stereocenters. The number of aromatic hydroxyl groups is 1. The van der Waals surface area contributed by atoms with E-state index in [1.807, 2.05) is 29.3 Å². The van der Waals surface area contributed by atoms with Crippen molar-refractivity contribution >= 4 is 28.3 Å². The van der Waals surface area contributed by atoms with E-state index in [9.17, 15) is 24.6 Å². The molecule has 0 spiro atoms. The van der Waals surface area contributed by atoms with E-state index in [2.05, 4.69) is 32.0 Å². The normalized spacial score (nSPS) is 19.2.